The smallest absolute Gasteiger partial charge is 0.0959 e. The fraction of sp³-hybridized carbons (Fsp3) is 0.556. The van der Waals surface area contributed by atoms with Gasteiger partial charge in [-0.1, -0.05) is 0 Å². The van der Waals surface area contributed by atoms with Gasteiger partial charge in [0.05, 0.1) is 6.10 Å². The minimum Gasteiger partial charge on any atom is -0.387 e. The van der Waals surface area contributed by atoms with Crippen molar-refractivity contribution >= 4 is 27.3 Å². The Kier molecular flexibility index (Phi) is 3.51. The predicted molar refractivity (Wildman–Crippen MR) is 60.1 cm³/mol. The number of nitrogens with two attached hydrogens (primary N) is 1. The van der Waals surface area contributed by atoms with Crippen molar-refractivity contribution in [1.29, 1.82) is 0 Å². The molecule has 13 heavy (non-hydrogen) atoms. The standard InChI is InChI=1S/C9H14BrNOS/c1-4(11)9(12)7-5(2)13-6(3)8(7)10/h4,9,12H,11H2,1-3H3. The summed E-state index contributed by atoms with van der Waals surface area (Å²) in [5, 5.41) is 9.82. The molecule has 0 aliphatic rings. The maximum atomic E-state index is 9.82. The van der Waals surface area contributed by atoms with Crippen LogP contribution in [0.25, 0.3) is 0 Å². The van der Waals surface area contributed by atoms with E-state index in [2.05, 4.69) is 15.9 Å². The monoisotopic (exact) mass is 263 g/mol. The molecule has 2 nitrogen and oxygen atoms in total. The van der Waals surface area contributed by atoms with E-state index in [0.29, 0.717) is 0 Å². The van der Waals surface area contributed by atoms with Crippen LogP contribution in [0.3, 0.4) is 0 Å². The zero-order valence-corrected chi connectivity index (χ0v) is 10.4. The average molecular weight is 264 g/mol. The molecular formula is C9H14BrNOS. The highest BCUT2D eigenvalue weighted by Gasteiger charge is 2.21. The van der Waals surface area contributed by atoms with Crippen molar-refractivity contribution in [1.82, 2.24) is 0 Å². The molecule has 0 radical (unpaired) electrons. The number of thiophene rings is 1. The van der Waals surface area contributed by atoms with Crippen molar-refractivity contribution in [3.05, 3.63) is 19.8 Å². The number of aliphatic hydroxyl groups is 1. The maximum absolute atomic E-state index is 9.82. The van der Waals surface area contributed by atoms with Crippen LogP contribution in [0.4, 0.5) is 0 Å². The average Bonchev–Trinajstić information content (AvgIpc) is 2.26. The van der Waals surface area contributed by atoms with Gasteiger partial charge in [-0.05, 0) is 36.7 Å². The normalized spacial score (nSPS) is 15.8. The summed E-state index contributed by atoms with van der Waals surface area (Å²) in [5.74, 6) is 0. The van der Waals surface area contributed by atoms with Gasteiger partial charge in [0.2, 0.25) is 0 Å². The van der Waals surface area contributed by atoms with Gasteiger partial charge < -0.3 is 10.8 Å². The van der Waals surface area contributed by atoms with Crippen LogP contribution in [-0.4, -0.2) is 11.1 Å². The number of hydrogen-bond acceptors (Lipinski definition) is 3. The molecule has 2 atom stereocenters. The van der Waals surface area contributed by atoms with Crippen molar-refractivity contribution in [2.75, 3.05) is 0 Å². The van der Waals surface area contributed by atoms with Crippen molar-refractivity contribution in [3.63, 3.8) is 0 Å². The molecule has 1 aromatic rings. The first-order valence-electron chi connectivity index (χ1n) is 4.14. The van der Waals surface area contributed by atoms with Crippen molar-refractivity contribution in [3.8, 4) is 0 Å². The lowest BCUT2D eigenvalue weighted by molar-refractivity contribution is 0.152. The van der Waals surface area contributed by atoms with E-state index in [1.807, 2.05) is 20.8 Å². The molecule has 1 heterocycles. The second kappa shape index (κ2) is 4.09. The molecule has 0 aliphatic heterocycles. The highest BCUT2D eigenvalue weighted by atomic mass is 79.9. The van der Waals surface area contributed by atoms with Gasteiger partial charge in [0.15, 0.2) is 0 Å². The summed E-state index contributed by atoms with van der Waals surface area (Å²) < 4.78 is 1.000. The Morgan fingerprint density at radius 1 is 1.38 bits per heavy atom. The maximum Gasteiger partial charge on any atom is 0.0959 e. The van der Waals surface area contributed by atoms with E-state index in [-0.39, 0.29) is 6.04 Å². The van der Waals surface area contributed by atoms with Crippen LogP contribution in [0.1, 0.15) is 28.3 Å². The highest BCUT2D eigenvalue weighted by Crippen LogP contribution is 2.36. The molecule has 2 unspecified atom stereocenters. The largest absolute Gasteiger partial charge is 0.387 e. The van der Waals surface area contributed by atoms with E-state index >= 15 is 0 Å². The first-order valence-corrected chi connectivity index (χ1v) is 5.75. The third-order valence-electron chi connectivity index (χ3n) is 2.02. The molecule has 74 valence electrons. The molecule has 0 amide bonds. The van der Waals surface area contributed by atoms with Gasteiger partial charge in [0, 0.05) is 25.8 Å². The van der Waals surface area contributed by atoms with Crippen LogP contribution in [0, 0.1) is 13.8 Å². The van der Waals surface area contributed by atoms with Crippen LogP contribution >= 0.6 is 27.3 Å². The van der Waals surface area contributed by atoms with Gasteiger partial charge in [-0.25, -0.2) is 0 Å². The molecule has 4 heteroatoms. The fourth-order valence-corrected chi connectivity index (χ4v) is 3.17. The van der Waals surface area contributed by atoms with Crippen LogP contribution in [-0.2, 0) is 0 Å². The van der Waals surface area contributed by atoms with Gasteiger partial charge in [0.1, 0.15) is 0 Å². The number of hydrogen-bond donors (Lipinski definition) is 2. The first-order chi connectivity index (χ1) is 5.95. The Morgan fingerprint density at radius 2 is 1.92 bits per heavy atom. The molecule has 0 aromatic carbocycles. The van der Waals surface area contributed by atoms with E-state index in [1.54, 1.807) is 11.3 Å². The zero-order valence-electron chi connectivity index (χ0n) is 7.97. The molecule has 3 N–H and O–H groups in total. The number of aryl methyl sites for hydroxylation is 2. The van der Waals surface area contributed by atoms with Crippen LogP contribution in [0.5, 0.6) is 0 Å². The summed E-state index contributed by atoms with van der Waals surface area (Å²) in [6.07, 6.45) is -0.570. The minimum atomic E-state index is -0.570. The SMILES string of the molecule is Cc1sc(C)c(C(O)C(C)N)c1Br. The number of halogens is 1. The molecule has 0 saturated carbocycles. The molecule has 0 spiro atoms. The zero-order chi connectivity index (χ0) is 10.2. The summed E-state index contributed by atoms with van der Waals surface area (Å²) in [5.41, 5.74) is 6.59. The summed E-state index contributed by atoms with van der Waals surface area (Å²) in [4.78, 5) is 2.32. The third kappa shape index (κ3) is 2.13. The second-order valence-corrected chi connectivity index (χ2v) is 5.47. The van der Waals surface area contributed by atoms with E-state index < -0.39 is 6.10 Å². The Labute approximate surface area is 90.9 Å². The Hall–Kier alpha value is 0.100. The first kappa shape index (κ1) is 11.2. The van der Waals surface area contributed by atoms with Crippen molar-refractivity contribution in [2.45, 2.75) is 32.9 Å². The van der Waals surface area contributed by atoms with E-state index in [0.717, 1.165) is 14.9 Å². The molecule has 1 aromatic heterocycles. The van der Waals surface area contributed by atoms with Crippen molar-refractivity contribution < 1.29 is 5.11 Å². The van der Waals surface area contributed by atoms with Crippen LogP contribution < -0.4 is 5.73 Å². The summed E-state index contributed by atoms with van der Waals surface area (Å²) in [6.45, 7) is 5.84. The molecule has 0 fully saturated rings. The quantitative estimate of drug-likeness (QED) is 0.862. The van der Waals surface area contributed by atoms with Gasteiger partial charge in [-0.2, -0.15) is 0 Å². The van der Waals surface area contributed by atoms with Gasteiger partial charge >= 0.3 is 0 Å². The molecule has 1 rings (SSSR count). The van der Waals surface area contributed by atoms with Crippen LogP contribution in [0.15, 0.2) is 4.47 Å². The minimum absolute atomic E-state index is 0.232. The summed E-state index contributed by atoms with van der Waals surface area (Å²) in [6, 6.07) is -0.232. The van der Waals surface area contributed by atoms with Crippen LogP contribution in [0.2, 0.25) is 0 Å². The Morgan fingerprint density at radius 3 is 2.23 bits per heavy atom. The fourth-order valence-electron chi connectivity index (χ4n) is 1.27. The summed E-state index contributed by atoms with van der Waals surface area (Å²) in [7, 11) is 0. The Bertz CT molecular complexity index is 309. The molecule has 0 aliphatic carbocycles. The molecular weight excluding hydrogens is 250 g/mol. The van der Waals surface area contributed by atoms with Gasteiger partial charge in [-0.3, -0.25) is 0 Å². The lowest BCUT2D eigenvalue weighted by Crippen LogP contribution is -2.24. The number of rotatable bonds is 2. The third-order valence-corrected chi connectivity index (χ3v) is 4.35. The highest BCUT2D eigenvalue weighted by molar-refractivity contribution is 9.10. The van der Waals surface area contributed by atoms with E-state index in [9.17, 15) is 5.11 Å². The summed E-state index contributed by atoms with van der Waals surface area (Å²) >= 11 is 5.14. The lowest BCUT2D eigenvalue weighted by atomic mass is 10.1. The Balaban J connectivity index is 3.13. The van der Waals surface area contributed by atoms with Crippen molar-refractivity contribution in [2.24, 2.45) is 5.73 Å². The lowest BCUT2D eigenvalue weighted by Gasteiger charge is -2.15. The molecule has 0 bridgehead atoms. The topological polar surface area (TPSA) is 46.2 Å². The molecule has 0 saturated heterocycles. The van der Waals surface area contributed by atoms with E-state index in [1.165, 1.54) is 4.88 Å². The van der Waals surface area contributed by atoms with E-state index in [4.69, 9.17) is 5.73 Å². The van der Waals surface area contributed by atoms with Gasteiger partial charge in [0.25, 0.3) is 0 Å². The second-order valence-electron chi connectivity index (χ2n) is 3.25. The van der Waals surface area contributed by atoms with Gasteiger partial charge in [-0.15, -0.1) is 11.3 Å². The predicted octanol–water partition coefficient (Wildman–Crippen LogP) is 2.51. The number of aliphatic hydroxyl groups excluding tert-OH is 1.